The van der Waals surface area contributed by atoms with Crippen LogP contribution in [0.1, 0.15) is 5.69 Å². The van der Waals surface area contributed by atoms with E-state index in [1.54, 1.807) is 0 Å². The van der Waals surface area contributed by atoms with Crippen molar-refractivity contribution < 1.29 is 4.52 Å². The molecule has 3 aromatic rings. The van der Waals surface area contributed by atoms with Crippen LogP contribution in [0.5, 0.6) is 0 Å². The molecule has 1 aromatic carbocycles. The number of rotatable bonds is 1. The molecule has 0 amide bonds. The quantitative estimate of drug-likeness (QED) is 0.693. The summed E-state index contributed by atoms with van der Waals surface area (Å²) in [7, 11) is 0. The van der Waals surface area contributed by atoms with E-state index < -0.39 is 0 Å². The minimum atomic E-state index is 0.522. The molecule has 0 atom stereocenters. The molecule has 3 rings (SSSR count). The van der Waals surface area contributed by atoms with Gasteiger partial charge in [0.15, 0.2) is 5.76 Å². The molecule has 0 saturated carbocycles. The smallest absolute Gasteiger partial charge is 0.192 e. The number of aromatic nitrogens is 2. The lowest BCUT2D eigenvalue weighted by Crippen LogP contribution is -1.85. The number of nitrogens with zero attached hydrogens (tertiary/aromatic N) is 1. The van der Waals surface area contributed by atoms with Gasteiger partial charge in [-0.3, -0.25) is 0 Å². The maximum atomic E-state index is 6.13. The van der Waals surface area contributed by atoms with Crippen molar-refractivity contribution >= 4 is 28.2 Å². The first kappa shape index (κ1) is 10.2. The highest BCUT2D eigenvalue weighted by Gasteiger charge is 2.17. The molecule has 0 unspecified atom stereocenters. The predicted octanol–water partition coefficient (Wildman–Crippen LogP) is 3.37. The summed E-state index contributed by atoms with van der Waals surface area (Å²) in [6.07, 6.45) is 1.50. The van der Waals surface area contributed by atoms with Crippen LogP contribution < -0.4 is 5.73 Å². The molecule has 17 heavy (non-hydrogen) atoms. The fourth-order valence-electron chi connectivity index (χ4n) is 2.04. The van der Waals surface area contributed by atoms with Gasteiger partial charge in [-0.2, -0.15) is 0 Å². The van der Waals surface area contributed by atoms with Crippen LogP contribution in [0.25, 0.3) is 22.2 Å². The molecular weight excluding hydrogens is 238 g/mol. The van der Waals surface area contributed by atoms with Crippen LogP contribution in [-0.2, 0) is 0 Å². The molecule has 0 aliphatic carbocycles. The van der Waals surface area contributed by atoms with Gasteiger partial charge in [0.2, 0.25) is 0 Å². The van der Waals surface area contributed by atoms with Gasteiger partial charge in [0.05, 0.1) is 22.3 Å². The largest absolute Gasteiger partial charge is 0.394 e. The van der Waals surface area contributed by atoms with E-state index in [2.05, 4.69) is 10.1 Å². The van der Waals surface area contributed by atoms with E-state index in [1.807, 2.05) is 25.1 Å². The van der Waals surface area contributed by atoms with Crippen LogP contribution in [0.4, 0.5) is 5.69 Å². The monoisotopic (exact) mass is 247 g/mol. The molecule has 0 radical (unpaired) electrons. The first-order valence-electron chi connectivity index (χ1n) is 5.16. The lowest BCUT2D eigenvalue weighted by molar-refractivity contribution is 0.432. The number of benzene rings is 1. The first-order valence-corrected chi connectivity index (χ1v) is 5.53. The third-order valence-electron chi connectivity index (χ3n) is 2.80. The van der Waals surface area contributed by atoms with Crippen molar-refractivity contribution in [3.63, 3.8) is 0 Å². The fraction of sp³-hybridized carbons (Fsp3) is 0.0833. The van der Waals surface area contributed by atoms with Gasteiger partial charge in [0, 0.05) is 11.1 Å². The average Bonchev–Trinajstić information content (AvgIpc) is 2.83. The number of nitrogens with one attached hydrogen (secondary N) is 1. The zero-order valence-electron chi connectivity index (χ0n) is 9.12. The van der Waals surface area contributed by atoms with E-state index in [0.29, 0.717) is 16.5 Å². The number of aryl methyl sites for hydroxylation is 1. The zero-order valence-corrected chi connectivity index (χ0v) is 9.88. The minimum absolute atomic E-state index is 0.522. The Balaban J connectivity index is 2.41. The molecule has 0 spiro atoms. The Morgan fingerprint density at radius 1 is 1.41 bits per heavy atom. The average molecular weight is 248 g/mol. The maximum absolute atomic E-state index is 6.13. The van der Waals surface area contributed by atoms with Gasteiger partial charge in [-0.25, -0.2) is 0 Å². The lowest BCUT2D eigenvalue weighted by atomic mass is 10.1. The summed E-state index contributed by atoms with van der Waals surface area (Å²) in [6, 6.07) is 5.71. The van der Waals surface area contributed by atoms with Crippen molar-refractivity contribution in [2.75, 3.05) is 5.73 Å². The van der Waals surface area contributed by atoms with Crippen molar-refractivity contribution in [3.8, 4) is 11.3 Å². The molecule has 2 aromatic heterocycles. The number of hydrogen-bond acceptors (Lipinski definition) is 3. The fourth-order valence-corrected chi connectivity index (χ4v) is 2.26. The molecule has 0 saturated heterocycles. The topological polar surface area (TPSA) is 67.8 Å². The van der Waals surface area contributed by atoms with Crippen LogP contribution in [0.3, 0.4) is 0 Å². The highest BCUT2D eigenvalue weighted by atomic mass is 35.5. The summed E-state index contributed by atoms with van der Waals surface area (Å²) in [5.41, 5.74) is 9.10. The molecule has 86 valence electrons. The van der Waals surface area contributed by atoms with Gasteiger partial charge in [0.25, 0.3) is 0 Å². The summed E-state index contributed by atoms with van der Waals surface area (Å²) >= 11 is 6.13. The van der Waals surface area contributed by atoms with Crippen molar-refractivity contribution in [2.24, 2.45) is 0 Å². The molecule has 0 bridgehead atoms. The summed E-state index contributed by atoms with van der Waals surface area (Å²) in [5.74, 6) is 0.580. The Labute approximate surface area is 102 Å². The van der Waals surface area contributed by atoms with Gasteiger partial charge in [-0.05, 0) is 13.0 Å². The van der Waals surface area contributed by atoms with Crippen LogP contribution in [0, 0.1) is 6.92 Å². The molecule has 2 heterocycles. The standard InChI is InChI=1S/C12H10ClN3O/c1-6-10(12-9(14)5-15-17-12)7-3-2-4-8(13)11(7)16-6/h2-5,16H,14H2,1H3. The first-order chi connectivity index (χ1) is 8.18. The van der Waals surface area contributed by atoms with Crippen LogP contribution in [-0.4, -0.2) is 10.1 Å². The summed E-state index contributed by atoms with van der Waals surface area (Å²) < 4.78 is 5.20. The van der Waals surface area contributed by atoms with E-state index in [1.165, 1.54) is 6.20 Å². The molecule has 3 N–H and O–H groups in total. The maximum Gasteiger partial charge on any atom is 0.192 e. The molecule has 0 fully saturated rings. The minimum Gasteiger partial charge on any atom is -0.394 e. The van der Waals surface area contributed by atoms with Crippen molar-refractivity contribution in [1.82, 2.24) is 10.1 Å². The summed E-state index contributed by atoms with van der Waals surface area (Å²) in [6.45, 7) is 1.95. The van der Waals surface area contributed by atoms with Crippen LogP contribution in [0.15, 0.2) is 28.9 Å². The van der Waals surface area contributed by atoms with Crippen molar-refractivity contribution in [1.29, 1.82) is 0 Å². The normalized spacial score (nSPS) is 11.2. The van der Waals surface area contributed by atoms with Crippen LogP contribution in [0.2, 0.25) is 5.02 Å². The second-order valence-electron chi connectivity index (χ2n) is 3.90. The van der Waals surface area contributed by atoms with Gasteiger partial charge in [-0.1, -0.05) is 28.9 Å². The second-order valence-corrected chi connectivity index (χ2v) is 4.30. The Morgan fingerprint density at radius 2 is 2.24 bits per heavy atom. The van der Waals surface area contributed by atoms with Crippen molar-refractivity contribution in [2.45, 2.75) is 6.92 Å². The summed E-state index contributed by atoms with van der Waals surface area (Å²) in [5, 5.41) is 5.36. The Bertz CT molecular complexity index is 699. The highest BCUT2D eigenvalue weighted by molar-refractivity contribution is 6.35. The van der Waals surface area contributed by atoms with Gasteiger partial charge in [0.1, 0.15) is 5.69 Å². The molecule has 5 heteroatoms. The number of H-pyrrole nitrogens is 1. The highest BCUT2D eigenvalue weighted by Crippen LogP contribution is 2.37. The summed E-state index contributed by atoms with van der Waals surface area (Å²) in [4.78, 5) is 3.24. The third kappa shape index (κ3) is 1.41. The molecule has 0 aliphatic heterocycles. The number of aromatic amines is 1. The lowest BCUT2D eigenvalue weighted by Gasteiger charge is -1.97. The van der Waals surface area contributed by atoms with E-state index in [0.717, 1.165) is 22.2 Å². The number of nitrogens with two attached hydrogens (primary N) is 1. The predicted molar refractivity (Wildman–Crippen MR) is 68.0 cm³/mol. The number of nitrogen functional groups attached to an aromatic ring is 1. The third-order valence-corrected chi connectivity index (χ3v) is 3.11. The molecule has 4 nitrogen and oxygen atoms in total. The van der Waals surface area contributed by atoms with E-state index >= 15 is 0 Å². The zero-order chi connectivity index (χ0) is 12.0. The van der Waals surface area contributed by atoms with E-state index in [9.17, 15) is 0 Å². The molecule has 0 aliphatic rings. The SMILES string of the molecule is Cc1[nH]c2c(Cl)cccc2c1-c1oncc1N. The number of halogens is 1. The molecular formula is C12H10ClN3O. The Kier molecular flexibility index (Phi) is 2.12. The van der Waals surface area contributed by atoms with Gasteiger partial charge < -0.3 is 15.2 Å². The second kappa shape index (κ2) is 3.53. The Morgan fingerprint density at radius 3 is 2.94 bits per heavy atom. The number of fused-ring (bicyclic) bond motifs is 1. The Hall–Kier alpha value is -1.94. The van der Waals surface area contributed by atoms with Crippen LogP contribution >= 0.6 is 11.6 Å². The van der Waals surface area contributed by atoms with Crippen molar-refractivity contribution in [3.05, 3.63) is 35.1 Å². The van der Waals surface area contributed by atoms with E-state index in [-0.39, 0.29) is 0 Å². The van der Waals surface area contributed by atoms with Gasteiger partial charge in [-0.15, -0.1) is 0 Å². The number of para-hydroxylation sites is 1. The van der Waals surface area contributed by atoms with Gasteiger partial charge >= 0.3 is 0 Å². The number of anilines is 1. The van der Waals surface area contributed by atoms with E-state index in [4.69, 9.17) is 21.9 Å². The number of hydrogen-bond donors (Lipinski definition) is 2.